The van der Waals surface area contributed by atoms with Gasteiger partial charge in [0.05, 0.1) is 21.7 Å². The first-order valence-corrected chi connectivity index (χ1v) is 14.1. The molecule has 0 N–H and O–H groups in total. The van der Waals surface area contributed by atoms with Gasteiger partial charge in [0.25, 0.3) is 0 Å². The number of rotatable bonds is 9. The second-order valence-electron chi connectivity index (χ2n) is 7.45. The summed E-state index contributed by atoms with van der Waals surface area (Å²) in [6, 6.07) is 12.9. The van der Waals surface area contributed by atoms with Crippen molar-refractivity contribution in [2.24, 2.45) is 4.99 Å². The van der Waals surface area contributed by atoms with E-state index >= 15 is 0 Å². The lowest BCUT2D eigenvalue weighted by atomic mass is 10.2. The fourth-order valence-corrected chi connectivity index (χ4v) is 5.73. The van der Waals surface area contributed by atoms with Crippen molar-refractivity contribution in [3.63, 3.8) is 0 Å². The summed E-state index contributed by atoms with van der Waals surface area (Å²) in [6.07, 6.45) is 2.08. The molecule has 3 aromatic rings. The summed E-state index contributed by atoms with van der Waals surface area (Å²) >= 11 is 2.87. The van der Waals surface area contributed by atoms with E-state index in [1.165, 1.54) is 23.0 Å². The third-order valence-corrected chi connectivity index (χ3v) is 7.97. The Kier molecular flexibility index (Phi) is 8.50. The molecule has 0 unspecified atom stereocenters. The molecule has 0 aliphatic heterocycles. The fourth-order valence-electron chi connectivity index (χ4n) is 3.07. The minimum Gasteiger partial charge on any atom is -0.465 e. The Morgan fingerprint density at radius 1 is 1.15 bits per heavy atom. The summed E-state index contributed by atoms with van der Waals surface area (Å²) in [7, 11) is -3.39. The van der Waals surface area contributed by atoms with Crippen LogP contribution in [0, 0.1) is 6.92 Å². The number of benzene rings is 2. The van der Waals surface area contributed by atoms with Crippen LogP contribution in [0.1, 0.15) is 25.3 Å². The molecule has 1 amide bonds. The maximum Gasteiger partial charge on any atom is 0.326 e. The second kappa shape index (κ2) is 11.1. The number of amides is 1. The number of fused-ring (bicyclic) bond motifs is 1. The molecule has 0 aliphatic rings. The number of sulfone groups is 1. The molecule has 0 atom stereocenters. The summed E-state index contributed by atoms with van der Waals surface area (Å²) in [4.78, 5) is 30.6. The summed E-state index contributed by atoms with van der Waals surface area (Å²) in [5.41, 5.74) is 1.83. The zero-order valence-electron chi connectivity index (χ0n) is 18.7. The van der Waals surface area contributed by atoms with Crippen molar-refractivity contribution in [3.8, 4) is 0 Å². The quantitative estimate of drug-likeness (QED) is 0.248. The van der Waals surface area contributed by atoms with Gasteiger partial charge < -0.3 is 9.30 Å². The minimum absolute atomic E-state index is 0.110. The van der Waals surface area contributed by atoms with Crippen LogP contribution in [0.15, 0.2) is 57.2 Å². The predicted molar refractivity (Wildman–Crippen MR) is 131 cm³/mol. The maximum atomic E-state index is 12.5. The lowest BCUT2D eigenvalue weighted by Crippen LogP contribution is -2.23. The van der Waals surface area contributed by atoms with Crippen molar-refractivity contribution in [2.75, 3.05) is 18.6 Å². The normalized spacial score (nSPS) is 12.3. The molecule has 0 saturated carbocycles. The van der Waals surface area contributed by atoms with E-state index < -0.39 is 15.8 Å². The van der Waals surface area contributed by atoms with Gasteiger partial charge >= 0.3 is 5.97 Å². The number of carbonyl (C=O) groups excluding carboxylic acids is 2. The molecule has 176 valence electrons. The first-order chi connectivity index (χ1) is 15.7. The Bertz CT molecular complexity index is 1320. The van der Waals surface area contributed by atoms with Crippen LogP contribution in [-0.2, 0) is 30.7 Å². The molecule has 3 rings (SSSR count). The van der Waals surface area contributed by atoms with Crippen molar-refractivity contribution in [1.29, 1.82) is 0 Å². The highest BCUT2D eigenvalue weighted by Gasteiger charge is 2.15. The number of thiazole rings is 1. The van der Waals surface area contributed by atoms with Gasteiger partial charge in [0.1, 0.15) is 6.54 Å². The molecule has 0 aliphatic carbocycles. The SMILES string of the molecule is CCOC(=O)Cn1c(=NC(=O)CCCSc2ccc(C)cc2)sc2cc(S(C)(=O)=O)ccc21. The van der Waals surface area contributed by atoms with Gasteiger partial charge in [-0.2, -0.15) is 4.99 Å². The monoisotopic (exact) mass is 506 g/mol. The van der Waals surface area contributed by atoms with E-state index in [0.29, 0.717) is 21.4 Å². The van der Waals surface area contributed by atoms with E-state index in [0.717, 1.165) is 16.9 Å². The van der Waals surface area contributed by atoms with Gasteiger partial charge in [0, 0.05) is 17.6 Å². The van der Waals surface area contributed by atoms with Crippen molar-refractivity contribution in [2.45, 2.75) is 43.0 Å². The average Bonchev–Trinajstić information content (AvgIpc) is 3.08. The number of hydrogen-bond acceptors (Lipinski definition) is 7. The Labute approximate surface area is 201 Å². The molecule has 1 aromatic heterocycles. The van der Waals surface area contributed by atoms with E-state index in [-0.39, 0.29) is 30.4 Å². The number of esters is 1. The van der Waals surface area contributed by atoms with Gasteiger partial charge in [-0.25, -0.2) is 8.42 Å². The Balaban J connectivity index is 1.80. The van der Waals surface area contributed by atoms with Crippen molar-refractivity contribution >= 4 is 55.0 Å². The average molecular weight is 507 g/mol. The summed E-state index contributed by atoms with van der Waals surface area (Å²) < 4.78 is 31.1. The van der Waals surface area contributed by atoms with Crippen LogP contribution in [0.4, 0.5) is 0 Å². The standard InChI is InChI=1S/C23H26N2O5S3/c1-4-30-22(27)15-25-19-12-11-18(33(3,28)29)14-20(19)32-23(25)24-21(26)6-5-13-31-17-9-7-16(2)8-10-17/h7-12,14H,4-6,13,15H2,1-3H3. The molecule has 2 aromatic carbocycles. The van der Waals surface area contributed by atoms with Crippen LogP contribution in [-0.4, -0.2) is 43.5 Å². The van der Waals surface area contributed by atoms with Crippen LogP contribution in [0.3, 0.4) is 0 Å². The van der Waals surface area contributed by atoms with E-state index in [1.807, 2.05) is 6.92 Å². The summed E-state index contributed by atoms with van der Waals surface area (Å²) in [6.45, 7) is 3.89. The topological polar surface area (TPSA) is 94.8 Å². The molecule has 7 nitrogen and oxygen atoms in total. The van der Waals surface area contributed by atoms with Crippen LogP contribution in [0.5, 0.6) is 0 Å². The number of hydrogen-bond donors (Lipinski definition) is 0. The molecule has 0 bridgehead atoms. The van der Waals surface area contributed by atoms with Gasteiger partial charge in [-0.15, -0.1) is 11.8 Å². The molecule has 1 heterocycles. The van der Waals surface area contributed by atoms with Gasteiger partial charge in [0.2, 0.25) is 5.91 Å². The van der Waals surface area contributed by atoms with Crippen LogP contribution in [0.25, 0.3) is 10.2 Å². The molecular formula is C23H26N2O5S3. The van der Waals surface area contributed by atoms with E-state index in [9.17, 15) is 18.0 Å². The predicted octanol–water partition coefficient (Wildman–Crippen LogP) is 3.98. The Morgan fingerprint density at radius 2 is 1.88 bits per heavy atom. The fraction of sp³-hybridized carbons (Fsp3) is 0.348. The van der Waals surface area contributed by atoms with Gasteiger partial charge in [-0.3, -0.25) is 9.59 Å². The molecule has 10 heteroatoms. The van der Waals surface area contributed by atoms with E-state index in [1.54, 1.807) is 35.4 Å². The Morgan fingerprint density at radius 3 is 2.55 bits per heavy atom. The van der Waals surface area contributed by atoms with Gasteiger partial charge in [0.15, 0.2) is 14.6 Å². The summed E-state index contributed by atoms with van der Waals surface area (Å²) in [5, 5.41) is 0. The van der Waals surface area contributed by atoms with Crippen LogP contribution < -0.4 is 4.80 Å². The lowest BCUT2D eigenvalue weighted by Gasteiger charge is -2.05. The number of carbonyl (C=O) groups is 2. The highest BCUT2D eigenvalue weighted by atomic mass is 32.2. The van der Waals surface area contributed by atoms with Gasteiger partial charge in [-0.05, 0) is 56.4 Å². The number of aromatic nitrogens is 1. The van der Waals surface area contributed by atoms with Crippen LogP contribution >= 0.6 is 23.1 Å². The number of nitrogens with zero attached hydrogens (tertiary/aromatic N) is 2. The molecule has 0 fully saturated rings. The minimum atomic E-state index is -3.39. The molecular weight excluding hydrogens is 480 g/mol. The highest BCUT2D eigenvalue weighted by Crippen LogP contribution is 2.22. The first-order valence-electron chi connectivity index (χ1n) is 10.4. The van der Waals surface area contributed by atoms with Gasteiger partial charge in [-0.1, -0.05) is 29.0 Å². The molecule has 33 heavy (non-hydrogen) atoms. The molecule has 0 spiro atoms. The second-order valence-corrected chi connectivity index (χ2v) is 11.6. The smallest absolute Gasteiger partial charge is 0.326 e. The number of ether oxygens (including phenoxy) is 1. The number of aryl methyl sites for hydroxylation is 1. The van der Waals surface area contributed by atoms with Crippen molar-refractivity contribution in [1.82, 2.24) is 4.57 Å². The van der Waals surface area contributed by atoms with Crippen molar-refractivity contribution < 1.29 is 22.7 Å². The molecule has 0 radical (unpaired) electrons. The van der Waals surface area contributed by atoms with E-state index in [2.05, 4.69) is 29.3 Å². The van der Waals surface area contributed by atoms with Crippen molar-refractivity contribution in [3.05, 3.63) is 52.8 Å². The zero-order chi connectivity index (χ0) is 24.0. The molecule has 0 saturated heterocycles. The maximum absolute atomic E-state index is 12.5. The third-order valence-electron chi connectivity index (χ3n) is 4.72. The highest BCUT2D eigenvalue weighted by molar-refractivity contribution is 7.99. The number of thioether (sulfide) groups is 1. The van der Waals surface area contributed by atoms with Crippen LogP contribution in [0.2, 0.25) is 0 Å². The third kappa shape index (κ3) is 7.02. The largest absolute Gasteiger partial charge is 0.465 e. The lowest BCUT2D eigenvalue weighted by molar-refractivity contribution is -0.143. The first kappa shape index (κ1) is 25.2. The summed E-state index contributed by atoms with van der Waals surface area (Å²) in [5.74, 6) is 0.0527. The Hall–Kier alpha value is -2.43. The van der Waals surface area contributed by atoms with E-state index in [4.69, 9.17) is 4.74 Å². The zero-order valence-corrected chi connectivity index (χ0v) is 21.2.